The van der Waals surface area contributed by atoms with Crippen LogP contribution in [0.3, 0.4) is 0 Å². The molecule has 2 aliphatic heterocycles. The Morgan fingerprint density at radius 1 is 1.48 bits per heavy atom. The number of amides is 2. The highest BCUT2D eigenvalue weighted by atomic mass is 32.2. The standard InChI is InChI=1S/C13H18N2O5S/c1-6(16)9-11(18)15-10(13(19)20)8(21-12(9)15)4-3-5-14-7(2)17/h6,9,12,16H,3-5H2,1-2H3,(H,14,17)(H,19,20)/t6?,9?,12-/m1/s1. The zero-order valence-electron chi connectivity index (χ0n) is 11.8. The molecule has 2 rings (SSSR count). The summed E-state index contributed by atoms with van der Waals surface area (Å²) in [5.41, 5.74) is 0.0229. The lowest BCUT2D eigenvalue weighted by Gasteiger charge is -2.43. The maximum atomic E-state index is 12.0. The lowest BCUT2D eigenvalue weighted by molar-refractivity contribution is -0.156. The molecular formula is C13H18N2O5S. The van der Waals surface area contributed by atoms with Crippen molar-refractivity contribution in [2.75, 3.05) is 6.54 Å². The van der Waals surface area contributed by atoms with E-state index in [9.17, 15) is 24.6 Å². The van der Waals surface area contributed by atoms with Gasteiger partial charge in [-0.05, 0) is 19.8 Å². The van der Waals surface area contributed by atoms with Crippen LogP contribution in [-0.2, 0) is 14.4 Å². The summed E-state index contributed by atoms with van der Waals surface area (Å²) >= 11 is 1.33. The van der Waals surface area contributed by atoms with Gasteiger partial charge in [0.25, 0.3) is 0 Å². The average molecular weight is 314 g/mol. The predicted octanol–water partition coefficient (Wildman–Crippen LogP) is 0.111. The Morgan fingerprint density at radius 2 is 2.14 bits per heavy atom. The normalized spacial score (nSPS) is 25.5. The van der Waals surface area contributed by atoms with Crippen LogP contribution in [0.1, 0.15) is 26.7 Å². The van der Waals surface area contributed by atoms with Gasteiger partial charge < -0.3 is 15.5 Å². The maximum Gasteiger partial charge on any atom is 0.353 e. The molecule has 0 aromatic heterocycles. The monoisotopic (exact) mass is 314 g/mol. The van der Waals surface area contributed by atoms with Crippen molar-refractivity contribution < 1.29 is 24.6 Å². The molecule has 116 valence electrons. The third kappa shape index (κ3) is 2.91. The fourth-order valence-electron chi connectivity index (χ4n) is 2.54. The Balaban J connectivity index is 2.04. The van der Waals surface area contributed by atoms with Crippen molar-refractivity contribution in [3.8, 4) is 0 Å². The van der Waals surface area contributed by atoms with E-state index in [1.54, 1.807) is 0 Å². The molecule has 2 amide bonds. The average Bonchev–Trinajstić information content (AvgIpc) is 2.68. The number of fused-ring (bicyclic) bond motifs is 1. The lowest BCUT2D eigenvalue weighted by Crippen LogP contribution is -2.60. The number of hydrogen-bond donors (Lipinski definition) is 3. The van der Waals surface area contributed by atoms with Crippen molar-refractivity contribution in [3.05, 3.63) is 10.6 Å². The van der Waals surface area contributed by atoms with E-state index in [4.69, 9.17) is 0 Å². The van der Waals surface area contributed by atoms with Gasteiger partial charge in [0.05, 0.1) is 12.0 Å². The number of nitrogens with zero attached hydrogens (tertiary/aromatic N) is 1. The van der Waals surface area contributed by atoms with E-state index in [-0.39, 0.29) is 22.9 Å². The molecule has 0 radical (unpaired) electrons. The third-order valence-corrected chi connectivity index (χ3v) is 4.96. The molecule has 3 atom stereocenters. The number of β-lactam (4-membered cyclic amide) rings is 1. The third-order valence-electron chi connectivity index (χ3n) is 3.53. The summed E-state index contributed by atoms with van der Waals surface area (Å²) in [5, 5.41) is 21.2. The van der Waals surface area contributed by atoms with Crippen LogP contribution < -0.4 is 5.32 Å². The Bertz CT molecular complexity index is 517. The van der Waals surface area contributed by atoms with Crippen LogP contribution in [0.5, 0.6) is 0 Å². The minimum Gasteiger partial charge on any atom is -0.477 e. The fraction of sp³-hybridized carbons (Fsp3) is 0.615. The van der Waals surface area contributed by atoms with Gasteiger partial charge in [-0.25, -0.2) is 4.79 Å². The second-order valence-electron chi connectivity index (χ2n) is 5.15. The molecule has 7 nitrogen and oxygen atoms in total. The minimum atomic E-state index is -1.13. The number of nitrogens with one attached hydrogen (secondary N) is 1. The van der Waals surface area contributed by atoms with Gasteiger partial charge in [0.15, 0.2) is 0 Å². The van der Waals surface area contributed by atoms with Crippen molar-refractivity contribution >= 4 is 29.5 Å². The molecule has 0 aromatic rings. The molecule has 0 aromatic carbocycles. The van der Waals surface area contributed by atoms with E-state index >= 15 is 0 Å². The van der Waals surface area contributed by atoms with Gasteiger partial charge >= 0.3 is 5.97 Å². The zero-order chi connectivity index (χ0) is 15.7. The highest BCUT2D eigenvalue weighted by molar-refractivity contribution is 8.04. The van der Waals surface area contributed by atoms with Gasteiger partial charge in [0.1, 0.15) is 11.1 Å². The van der Waals surface area contributed by atoms with Crippen molar-refractivity contribution in [2.45, 2.75) is 38.2 Å². The summed E-state index contributed by atoms with van der Waals surface area (Å²) < 4.78 is 0. The van der Waals surface area contributed by atoms with Gasteiger partial charge in [0, 0.05) is 18.4 Å². The Labute approximate surface area is 126 Å². The maximum absolute atomic E-state index is 12.0. The van der Waals surface area contributed by atoms with E-state index in [2.05, 4.69) is 5.32 Å². The molecule has 2 heterocycles. The Kier molecular flexibility index (Phi) is 4.58. The molecule has 8 heteroatoms. The predicted molar refractivity (Wildman–Crippen MR) is 76.0 cm³/mol. The molecule has 2 aliphatic rings. The quantitative estimate of drug-likeness (QED) is 0.474. The second kappa shape index (κ2) is 6.07. The number of rotatable bonds is 6. The van der Waals surface area contributed by atoms with E-state index in [1.165, 1.54) is 30.5 Å². The number of thioether (sulfide) groups is 1. The van der Waals surface area contributed by atoms with Gasteiger partial charge in [-0.3, -0.25) is 14.5 Å². The number of carboxylic acids is 1. The number of allylic oxidation sites excluding steroid dienone is 1. The molecular weight excluding hydrogens is 296 g/mol. The molecule has 1 saturated heterocycles. The first-order valence-corrected chi connectivity index (χ1v) is 7.61. The highest BCUT2D eigenvalue weighted by Gasteiger charge is 2.57. The lowest BCUT2D eigenvalue weighted by atomic mass is 9.92. The van der Waals surface area contributed by atoms with Crippen molar-refractivity contribution in [3.63, 3.8) is 0 Å². The van der Waals surface area contributed by atoms with Gasteiger partial charge in [0.2, 0.25) is 11.8 Å². The first kappa shape index (κ1) is 15.8. The molecule has 0 bridgehead atoms. The second-order valence-corrected chi connectivity index (χ2v) is 6.36. The number of carbonyl (C=O) groups excluding carboxylic acids is 2. The Morgan fingerprint density at radius 3 is 2.67 bits per heavy atom. The number of aliphatic hydroxyl groups excluding tert-OH is 1. The molecule has 0 spiro atoms. The van der Waals surface area contributed by atoms with Crippen LogP contribution in [0.2, 0.25) is 0 Å². The van der Waals surface area contributed by atoms with Crippen LogP contribution in [0.15, 0.2) is 10.6 Å². The first-order valence-electron chi connectivity index (χ1n) is 6.73. The van der Waals surface area contributed by atoms with Crippen LogP contribution in [0.4, 0.5) is 0 Å². The van der Waals surface area contributed by atoms with E-state index in [1.807, 2.05) is 0 Å². The van der Waals surface area contributed by atoms with Crippen LogP contribution in [0.25, 0.3) is 0 Å². The summed E-state index contributed by atoms with van der Waals surface area (Å²) in [6.07, 6.45) is 0.298. The highest BCUT2D eigenvalue weighted by Crippen LogP contribution is 2.51. The van der Waals surface area contributed by atoms with E-state index < -0.39 is 18.0 Å². The van der Waals surface area contributed by atoms with Crippen molar-refractivity contribution in [1.82, 2.24) is 10.2 Å². The summed E-state index contributed by atoms with van der Waals surface area (Å²) in [6.45, 7) is 3.42. The smallest absolute Gasteiger partial charge is 0.353 e. The molecule has 0 aliphatic carbocycles. The summed E-state index contributed by atoms with van der Waals surface area (Å²) in [5.74, 6) is -2.14. The molecule has 2 unspecified atom stereocenters. The van der Waals surface area contributed by atoms with E-state index in [0.717, 1.165) is 0 Å². The summed E-state index contributed by atoms with van der Waals surface area (Å²) in [6, 6.07) is 0. The molecule has 0 saturated carbocycles. The van der Waals surface area contributed by atoms with Gasteiger partial charge in [-0.1, -0.05) is 0 Å². The van der Waals surface area contributed by atoms with Crippen molar-refractivity contribution in [1.29, 1.82) is 0 Å². The zero-order valence-corrected chi connectivity index (χ0v) is 12.6. The number of aliphatic hydroxyl groups is 1. The van der Waals surface area contributed by atoms with E-state index in [0.29, 0.717) is 24.3 Å². The molecule has 3 N–H and O–H groups in total. The fourth-order valence-corrected chi connectivity index (χ4v) is 4.20. The summed E-state index contributed by atoms with van der Waals surface area (Å²) in [7, 11) is 0. The molecule has 21 heavy (non-hydrogen) atoms. The van der Waals surface area contributed by atoms with Gasteiger partial charge in [-0.15, -0.1) is 11.8 Å². The number of hydrogen-bond acceptors (Lipinski definition) is 5. The number of aliphatic carboxylic acids is 1. The summed E-state index contributed by atoms with van der Waals surface area (Å²) in [4.78, 5) is 36.0. The van der Waals surface area contributed by atoms with Crippen LogP contribution in [0, 0.1) is 5.92 Å². The number of carboxylic acid groups (broad SMARTS) is 1. The first-order chi connectivity index (χ1) is 9.84. The van der Waals surface area contributed by atoms with Crippen LogP contribution in [-0.4, -0.2) is 50.9 Å². The topological polar surface area (TPSA) is 107 Å². The van der Waals surface area contributed by atoms with Crippen LogP contribution >= 0.6 is 11.8 Å². The SMILES string of the molecule is CC(=O)NCCCC1=C(C(=O)O)N2C(=O)C(C(C)O)[C@H]2S1. The largest absolute Gasteiger partial charge is 0.477 e. The molecule has 1 fully saturated rings. The number of carbonyl (C=O) groups is 3. The Hall–Kier alpha value is -1.54. The van der Waals surface area contributed by atoms with Gasteiger partial charge in [-0.2, -0.15) is 0 Å². The van der Waals surface area contributed by atoms with Crippen molar-refractivity contribution in [2.24, 2.45) is 5.92 Å². The minimum absolute atomic E-state index is 0.0229.